The molecule has 0 saturated heterocycles. The smallest absolute Gasteiger partial charge is 0.251 e. The minimum absolute atomic E-state index is 0.340. The van der Waals surface area contributed by atoms with E-state index in [1.54, 1.807) is 12.3 Å². The van der Waals surface area contributed by atoms with Crippen molar-refractivity contribution in [3.63, 3.8) is 0 Å². The Bertz CT molecular complexity index is 174. The van der Waals surface area contributed by atoms with Crippen LogP contribution >= 0.6 is 0 Å². The van der Waals surface area contributed by atoms with Crippen LogP contribution in [-0.4, -0.2) is 17.2 Å². The Balaban J connectivity index is 2.56. The topological polar surface area (TPSA) is 55.5 Å². The molecule has 0 spiro atoms. The van der Waals surface area contributed by atoms with Gasteiger partial charge in [0, 0.05) is 17.5 Å². The predicted molar refractivity (Wildman–Crippen MR) is 33.0 cm³/mol. The lowest BCUT2D eigenvalue weighted by Gasteiger charge is -2.01. The Kier molecular flexibility index (Phi) is 1.58. The van der Waals surface area contributed by atoms with E-state index in [4.69, 9.17) is 0 Å². The fraction of sp³-hybridized carbons (Fsp3) is 0.400. The molecular weight excluding hydrogens is 120 g/mol. The highest BCUT2D eigenvalue weighted by Crippen LogP contribution is 2.00. The summed E-state index contributed by atoms with van der Waals surface area (Å²) in [6.45, 7) is 0. The number of nitrogens with zero attached hydrogens (tertiary/aromatic N) is 2. The standard InChI is InChI=1S/C5H6N2O2/c8-7(9)5-2-1-3-6-4-5/h1,3-5H,2H2. The van der Waals surface area contributed by atoms with Gasteiger partial charge in [-0.15, -0.1) is 0 Å². The van der Waals surface area contributed by atoms with Crippen LogP contribution in [0, 0.1) is 10.1 Å². The minimum atomic E-state index is -0.602. The Morgan fingerprint density at radius 2 is 2.56 bits per heavy atom. The molecule has 0 radical (unpaired) electrons. The maximum absolute atomic E-state index is 10.0. The van der Waals surface area contributed by atoms with E-state index in [9.17, 15) is 10.1 Å². The van der Waals surface area contributed by atoms with Gasteiger partial charge in [0.2, 0.25) is 0 Å². The van der Waals surface area contributed by atoms with Crippen molar-refractivity contribution in [3.05, 3.63) is 22.4 Å². The van der Waals surface area contributed by atoms with Gasteiger partial charge in [0.1, 0.15) is 0 Å². The van der Waals surface area contributed by atoms with Crippen LogP contribution in [0.25, 0.3) is 0 Å². The molecule has 9 heavy (non-hydrogen) atoms. The van der Waals surface area contributed by atoms with Crippen LogP contribution in [0.3, 0.4) is 0 Å². The predicted octanol–water partition coefficient (Wildman–Crippen LogP) is 0.620. The van der Waals surface area contributed by atoms with Gasteiger partial charge in [0.25, 0.3) is 6.04 Å². The first kappa shape index (κ1) is 5.94. The zero-order valence-corrected chi connectivity index (χ0v) is 4.73. The quantitative estimate of drug-likeness (QED) is 0.382. The third-order valence-corrected chi connectivity index (χ3v) is 1.10. The summed E-state index contributed by atoms with van der Waals surface area (Å²) in [7, 11) is 0. The fourth-order valence-corrected chi connectivity index (χ4v) is 0.612. The third-order valence-electron chi connectivity index (χ3n) is 1.10. The van der Waals surface area contributed by atoms with E-state index in [0.29, 0.717) is 6.42 Å². The van der Waals surface area contributed by atoms with Crippen LogP contribution in [0.2, 0.25) is 0 Å². The summed E-state index contributed by atoms with van der Waals surface area (Å²) >= 11 is 0. The van der Waals surface area contributed by atoms with Crippen molar-refractivity contribution in [2.24, 2.45) is 4.99 Å². The Labute approximate surface area is 52.1 Å². The molecule has 1 rings (SSSR count). The molecule has 0 aliphatic carbocycles. The summed E-state index contributed by atoms with van der Waals surface area (Å²) in [5.41, 5.74) is 0. The summed E-state index contributed by atoms with van der Waals surface area (Å²) in [5, 5.41) is 10.0. The van der Waals surface area contributed by atoms with E-state index < -0.39 is 6.04 Å². The molecule has 1 atom stereocenters. The molecule has 1 unspecified atom stereocenters. The van der Waals surface area contributed by atoms with E-state index in [0.717, 1.165) is 0 Å². The van der Waals surface area contributed by atoms with Crippen molar-refractivity contribution in [2.45, 2.75) is 12.5 Å². The maximum Gasteiger partial charge on any atom is 0.251 e. The highest BCUT2D eigenvalue weighted by atomic mass is 16.6. The average Bonchev–Trinajstić information content (AvgIpc) is 1.90. The molecule has 48 valence electrons. The van der Waals surface area contributed by atoms with E-state index in [-0.39, 0.29) is 4.92 Å². The molecule has 1 aliphatic heterocycles. The van der Waals surface area contributed by atoms with Crippen LogP contribution in [0.15, 0.2) is 17.3 Å². The largest absolute Gasteiger partial charge is 0.264 e. The molecular formula is C5H6N2O2. The molecule has 0 saturated carbocycles. The number of aliphatic imine (C=N–C) groups is 1. The van der Waals surface area contributed by atoms with Crippen LogP contribution in [0.5, 0.6) is 0 Å². The number of hydrogen-bond donors (Lipinski definition) is 0. The normalized spacial score (nSPS) is 24.2. The number of nitro groups is 1. The zero-order valence-electron chi connectivity index (χ0n) is 4.73. The van der Waals surface area contributed by atoms with Gasteiger partial charge in [0.15, 0.2) is 0 Å². The summed E-state index contributed by atoms with van der Waals surface area (Å²) in [4.78, 5) is 13.3. The van der Waals surface area contributed by atoms with Crippen molar-refractivity contribution in [1.82, 2.24) is 0 Å². The van der Waals surface area contributed by atoms with E-state index in [1.165, 1.54) is 6.21 Å². The first-order valence-corrected chi connectivity index (χ1v) is 2.62. The monoisotopic (exact) mass is 126 g/mol. The van der Waals surface area contributed by atoms with Crippen LogP contribution < -0.4 is 0 Å². The van der Waals surface area contributed by atoms with Crippen LogP contribution in [-0.2, 0) is 0 Å². The molecule has 0 fully saturated rings. The second kappa shape index (κ2) is 2.39. The minimum Gasteiger partial charge on any atom is -0.264 e. The number of hydrogen-bond acceptors (Lipinski definition) is 3. The van der Waals surface area contributed by atoms with Crippen LogP contribution in [0.4, 0.5) is 0 Å². The van der Waals surface area contributed by atoms with Crippen molar-refractivity contribution < 1.29 is 4.92 Å². The highest BCUT2D eigenvalue weighted by molar-refractivity contribution is 5.64. The van der Waals surface area contributed by atoms with Crippen LogP contribution in [0.1, 0.15) is 6.42 Å². The van der Waals surface area contributed by atoms with Gasteiger partial charge in [-0.25, -0.2) is 0 Å². The molecule has 4 heteroatoms. The van der Waals surface area contributed by atoms with Gasteiger partial charge >= 0.3 is 0 Å². The van der Waals surface area contributed by atoms with Crippen molar-refractivity contribution in [3.8, 4) is 0 Å². The summed E-state index contributed by atoms with van der Waals surface area (Å²) in [5.74, 6) is 0. The highest BCUT2D eigenvalue weighted by Gasteiger charge is 2.15. The molecule has 0 N–H and O–H groups in total. The van der Waals surface area contributed by atoms with Gasteiger partial charge < -0.3 is 0 Å². The molecule has 0 aromatic heterocycles. The lowest BCUT2D eigenvalue weighted by molar-refractivity contribution is -0.500. The lowest BCUT2D eigenvalue weighted by atomic mass is 10.2. The fourth-order valence-electron chi connectivity index (χ4n) is 0.612. The zero-order chi connectivity index (χ0) is 6.69. The molecule has 0 aromatic rings. The van der Waals surface area contributed by atoms with Gasteiger partial charge in [-0.05, 0) is 0 Å². The van der Waals surface area contributed by atoms with Gasteiger partial charge in [-0.1, -0.05) is 6.08 Å². The average molecular weight is 126 g/mol. The second-order valence-electron chi connectivity index (χ2n) is 1.77. The van der Waals surface area contributed by atoms with Gasteiger partial charge in [-0.3, -0.25) is 15.1 Å². The van der Waals surface area contributed by atoms with Gasteiger partial charge in [-0.2, -0.15) is 0 Å². The van der Waals surface area contributed by atoms with E-state index in [1.807, 2.05) is 0 Å². The molecule has 1 aliphatic rings. The van der Waals surface area contributed by atoms with Gasteiger partial charge in [0.05, 0.1) is 6.21 Å². The Morgan fingerprint density at radius 3 is 2.89 bits per heavy atom. The molecule has 1 heterocycles. The molecule has 4 nitrogen and oxygen atoms in total. The van der Waals surface area contributed by atoms with Crippen molar-refractivity contribution in [1.29, 1.82) is 0 Å². The first-order valence-electron chi connectivity index (χ1n) is 2.62. The first-order chi connectivity index (χ1) is 4.30. The molecule has 0 amide bonds. The number of rotatable bonds is 1. The van der Waals surface area contributed by atoms with Crippen molar-refractivity contribution >= 4 is 6.21 Å². The third kappa shape index (κ3) is 1.35. The Morgan fingerprint density at radius 1 is 1.78 bits per heavy atom. The maximum atomic E-state index is 10.0. The summed E-state index contributed by atoms with van der Waals surface area (Å²) in [6.07, 6.45) is 5.07. The van der Waals surface area contributed by atoms with Crippen molar-refractivity contribution in [2.75, 3.05) is 0 Å². The second-order valence-corrected chi connectivity index (χ2v) is 1.77. The molecule has 0 bridgehead atoms. The summed E-state index contributed by atoms with van der Waals surface area (Å²) in [6, 6.07) is -0.602. The van der Waals surface area contributed by atoms with E-state index in [2.05, 4.69) is 4.99 Å². The summed E-state index contributed by atoms with van der Waals surface area (Å²) < 4.78 is 0. The molecule has 0 aromatic carbocycles. The SMILES string of the molecule is O=[N+]([O-])C1C=NC=CC1. The Hall–Kier alpha value is -1.19. The van der Waals surface area contributed by atoms with E-state index >= 15 is 0 Å². The lowest BCUT2D eigenvalue weighted by Crippen LogP contribution is -2.21.